The van der Waals surface area contributed by atoms with Crippen molar-refractivity contribution in [2.45, 2.75) is 38.2 Å². The largest absolute Gasteiger partial charge is 0.481 e. The second-order valence-corrected chi connectivity index (χ2v) is 4.99. The summed E-state index contributed by atoms with van der Waals surface area (Å²) in [7, 11) is 0. The van der Waals surface area contributed by atoms with Crippen molar-refractivity contribution in [2.24, 2.45) is 0 Å². The summed E-state index contributed by atoms with van der Waals surface area (Å²) in [6.07, 6.45) is 4.43. The quantitative estimate of drug-likeness (QED) is 0.836. The molecule has 0 heterocycles. The lowest BCUT2D eigenvalue weighted by molar-refractivity contribution is -0.136. The van der Waals surface area contributed by atoms with Crippen molar-refractivity contribution in [1.82, 2.24) is 0 Å². The van der Waals surface area contributed by atoms with Crippen LogP contribution in [0.5, 0.6) is 0 Å². The van der Waals surface area contributed by atoms with Crippen LogP contribution in [0.4, 0.5) is 5.69 Å². The maximum atomic E-state index is 11.8. The zero-order chi connectivity index (χ0) is 14.4. The summed E-state index contributed by atoms with van der Waals surface area (Å²) in [5, 5.41) is 11.5. The average Bonchev–Trinajstić information content (AvgIpc) is 2.91. The van der Waals surface area contributed by atoms with Crippen LogP contribution in [0.2, 0.25) is 0 Å². The number of hydrogen-bond donors (Lipinski definition) is 2. The molecule has 2 rings (SSSR count). The molecule has 1 aromatic rings. The highest BCUT2D eigenvalue weighted by molar-refractivity contribution is 5.93. The number of anilines is 1. The van der Waals surface area contributed by atoms with Gasteiger partial charge in [0.2, 0.25) is 5.91 Å². The standard InChI is InChI=1S/C15H19NO4/c17-14(10-20-12-6-2-3-7-12)16-13-8-4-1-5-11(13)9-15(18)19/h1,4-5,8,12H,2-3,6-7,9-10H2,(H,16,17)(H,18,19). The molecular formula is C15H19NO4. The normalized spacial score (nSPS) is 15.2. The number of carbonyl (C=O) groups is 2. The molecule has 0 atom stereocenters. The molecule has 5 nitrogen and oxygen atoms in total. The van der Waals surface area contributed by atoms with Crippen molar-refractivity contribution in [3.63, 3.8) is 0 Å². The van der Waals surface area contributed by atoms with Crippen LogP contribution < -0.4 is 5.32 Å². The molecule has 20 heavy (non-hydrogen) atoms. The lowest BCUT2D eigenvalue weighted by Gasteiger charge is -2.12. The minimum absolute atomic E-state index is 0.0199. The molecule has 1 amide bonds. The predicted octanol–water partition coefficient (Wildman–Crippen LogP) is 2.21. The Morgan fingerprint density at radius 3 is 2.65 bits per heavy atom. The highest BCUT2D eigenvalue weighted by Crippen LogP contribution is 2.21. The Balaban J connectivity index is 1.88. The number of aliphatic carboxylic acids is 1. The Bertz CT molecular complexity index is 481. The number of amides is 1. The lowest BCUT2D eigenvalue weighted by atomic mass is 10.1. The van der Waals surface area contributed by atoms with Crippen molar-refractivity contribution in [2.75, 3.05) is 11.9 Å². The first-order valence-corrected chi connectivity index (χ1v) is 6.86. The van der Waals surface area contributed by atoms with Gasteiger partial charge in [0, 0.05) is 5.69 Å². The van der Waals surface area contributed by atoms with Gasteiger partial charge in [-0.3, -0.25) is 9.59 Å². The summed E-state index contributed by atoms with van der Waals surface area (Å²) in [5.74, 6) is -1.16. The van der Waals surface area contributed by atoms with Gasteiger partial charge < -0.3 is 15.2 Å². The van der Waals surface area contributed by atoms with Crippen LogP contribution in [0.25, 0.3) is 0 Å². The Labute approximate surface area is 117 Å². The van der Waals surface area contributed by atoms with E-state index in [-0.39, 0.29) is 25.0 Å². The van der Waals surface area contributed by atoms with Crippen molar-refractivity contribution in [3.05, 3.63) is 29.8 Å². The second kappa shape index (κ2) is 7.05. The summed E-state index contributed by atoms with van der Waals surface area (Å²) in [6.45, 7) is 0.0199. The number of carboxylic acids is 1. The van der Waals surface area contributed by atoms with E-state index in [1.165, 1.54) is 0 Å². The molecule has 0 bridgehead atoms. The van der Waals surface area contributed by atoms with Gasteiger partial charge in [-0.2, -0.15) is 0 Å². The van der Waals surface area contributed by atoms with Gasteiger partial charge in [0.1, 0.15) is 6.61 Å². The monoisotopic (exact) mass is 277 g/mol. The lowest BCUT2D eigenvalue weighted by Crippen LogP contribution is -2.22. The van der Waals surface area contributed by atoms with Gasteiger partial charge in [-0.15, -0.1) is 0 Å². The average molecular weight is 277 g/mol. The fourth-order valence-corrected chi connectivity index (χ4v) is 2.39. The molecule has 1 saturated carbocycles. The van der Waals surface area contributed by atoms with Crippen molar-refractivity contribution in [3.8, 4) is 0 Å². The van der Waals surface area contributed by atoms with Gasteiger partial charge in [-0.1, -0.05) is 31.0 Å². The molecule has 1 fully saturated rings. The zero-order valence-electron chi connectivity index (χ0n) is 11.3. The Kier molecular flexibility index (Phi) is 5.12. The molecular weight excluding hydrogens is 258 g/mol. The van der Waals surface area contributed by atoms with Crippen LogP contribution in [0.1, 0.15) is 31.2 Å². The Hall–Kier alpha value is -1.88. The van der Waals surface area contributed by atoms with Crippen molar-refractivity contribution < 1.29 is 19.4 Å². The maximum absolute atomic E-state index is 11.8. The van der Waals surface area contributed by atoms with Crippen LogP contribution in [-0.2, 0) is 20.7 Å². The number of para-hydroxylation sites is 1. The van der Waals surface area contributed by atoms with Crippen LogP contribution in [0.3, 0.4) is 0 Å². The van der Waals surface area contributed by atoms with E-state index in [9.17, 15) is 9.59 Å². The third-order valence-corrected chi connectivity index (χ3v) is 3.39. The van der Waals surface area contributed by atoms with E-state index >= 15 is 0 Å². The molecule has 1 aliphatic carbocycles. The van der Waals surface area contributed by atoms with E-state index in [4.69, 9.17) is 9.84 Å². The van der Waals surface area contributed by atoms with Crippen LogP contribution >= 0.6 is 0 Å². The molecule has 0 unspecified atom stereocenters. The minimum atomic E-state index is -0.922. The Morgan fingerprint density at radius 2 is 1.95 bits per heavy atom. The highest BCUT2D eigenvalue weighted by Gasteiger charge is 2.17. The molecule has 0 radical (unpaired) electrons. The molecule has 5 heteroatoms. The van der Waals surface area contributed by atoms with Gasteiger partial charge >= 0.3 is 5.97 Å². The fraction of sp³-hybridized carbons (Fsp3) is 0.467. The molecule has 0 aromatic heterocycles. The van der Waals surface area contributed by atoms with Crippen LogP contribution in [0, 0.1) is 0 Å². The van der Waals surface area contributed by atoms with Crippen molar-refractivity contribution >= 4 is 17.6 Å². The molecule has 0 spiro atoms. The Morgan fingerprint density at radius 1 is 1.25 bits per heavy atom. The van der Waals surface area contributed by atoms with Crippen LogP contribution in [-0.4, -0.2) is 29.7 Å². The van der Waals surface area contributed by atoms with E-state index in [2.05, 4.69) is 5.32 Å². The number of rotatable bonds is 6. The molecule has 1 aliphatic rings. The van der Waals surface area contributed by atoms with Gasteiger partial charge in [0.25, 0.3) is 0 Å². The molecule has 2 N–H and O–H groups in total. The second-order valence-electron chi connectivity index (χ2n) is 4.99. The summed E-state index contributed by atoms with van der Waals surface area (Å²) < 4.78 is 5.53. The smallest absolute Gasteiger partial charge is 0.307 e. The summed E-state index contributed by atoms with van der Waals surface area (Å²) in [4.78, 5) is 22.6. The third-order valence-electron chi connectivity index (χ3n) is 3.39. The first-order chi connectivity index (χ1) is 9.65. The SMILES string of the molecule is O=C(O)Cc1ccccc1NC(=O)COC1CCCC1. The summed E-state index contributed by atoms with van der Waals surface area (Å²) in [6, 6.07) is 6.91. The van der Waals surface area contributed by atoms with E-state index in [1.807, 2.05) is 0 Å². The number of benzene rings is 1. The van der Waals surface area contributed by atoms with E-state index < -0.39 is 5.97 Å². The molecule has 0 aliphatic heterocycles. The van der Waals surface area contributed by atoms with Crippen LogP contribution in [0.15, 0.2) is 24.3 Å². The number of nitrogens with one attached hydrogen (secondary N) is 1. The van der Waals surface area contributed by atoms with E-state index in [0.29, 0.717) is 11.3 Å². The van der Waals surface area contributed by atoms with Gasteiger partial charge in [-0.05, 0) is 24.5 Å². The molecule has 0 saturated heterocycles. The maximum Gasteiger partial charge on any atom is 0.307 e. The van der Waals surface area contributed by atoms with E-state index in [0.717, 1.165) is 25.7 Å². The molecule has 108 valence electrons. The third kappa shape index (κ3) is 4.35. The van der Waals surface area contributed by atoms with Gasteiger partial charge in [0.05, 0.1) is 12.5 Å². The number of carbonyl (C=O) groups excluding carboxylic acids is 1. The van der Waals surface area contributed by atoms with Gasteiger partial charge in [-0.25, -0.2) is 0 Å². The first kappa shape index (κ1) is 14.5. The topological polar surface area (TPSA) is 75.6 Å². The number of ether oxygens (including phenoxy) is 1. The zero-order valence-corrected chi connectivity index (χ0v) is 11.3. The first-order valence-electron chi connectivity index (χ1n) is 6.86. The van der Waals surface area contributed by atoms with Crippen molar-refractivity contribution in [1.29, 1.82) is 0 Å². The summed E-state index contributed by atoms with van der Waals surface area (Å²) in [5.41, 5.74) is 1.13. The number of hydrogen-bond acceptors (Lipinski definition) is 3. The highest BCUT2D eigenvalue weighted by atomic mass is 16.5. The van der Waals surface area contributed by atoms with E-state index in [1.54, 1.807) is 24.3 Å². The minimum Gasteiger partial charge on any atom is -0.481 e. The predicted molar refractivity (Wildman–Crippen MR) is 74.6 cm³/mol. The fourth-order valence-electron chi connectivity index (χ4n) is 2.39. The summed E-state index contributed by atoms with van der Waals surface area (Å²) >= 11 is 0. The van der Waals surface area contributed by atoms with Gasteiger partial charge in [0.15, 0.2) is 0 Å². The molecule has 1 aromatic carbocycles. The number of carboxylic acid groups (broad SMARTS) is 1.